The van der Waals surface area contributed by atoms with Crippen LogP contribution in [-0.2, 0) is 4.74 Å². The molecule has 1 aromatic rings. The quantitative estimate of drug-likeness (QED) is 0.800. The molecule has 1 aromatic carbocycles. The van der Waals surface area contributed by atoms with Crippen LogP contribution in [-0.4, -0.2) is 26.4 Å². The first-order chi connectivity index (χ1) is 9.33. The molecule has 0 aromatic heterocycles. The molecule has 2 N–H and O–H groups in total. The highest BCUT2D eigenvalue weighted by Crippen LogP contribution is 2.33. The van der Waals surface area contributed by atoms with E-state index in [0.717, 1.165) is 29.6 Å². The minimum atomic E-state index is -0.102. The highest BCUT2D eigenvalue weighted by Gasteiger charge is 2.20. The van der Waals surface area contributed by atoms with Crippen molar-refractivity contribution in [1.29, 1.82) is 0 Å². The molecule has 2 aliphatic rings. The maximum atomic E-state index is 6.14. The fourth-order valence-corrected chi connectivity index (χ4v) is 2.25. The molecule has 1 heterocycles. The zero-order chi connectivity index (χ0) is 13.1. The van der Waals surface area contributed by atoms with E-state index in [1.54, 1.807) is 0 Å². The summed E-state index contributed by atoms with van der Waals surface area (Å²) >= 11 is 0. The molecule has 0 spiro atoms. The van der Waals surface area contributed by atoms with Gasteiger partial charge in [-0.25, -0.2) is 0 Å². The summed E-state index contributed by atoms with van der Waals surface area (Å²) in [5.74, 6) is 2.50. The third-order valence-electron chi connectivity index (χ3n) is 3.66. The summed E-state index contributed by atoms with van der Waals surface area (Å²) < 4.78 is 16.7. The van der Waals surface area contributed by atoms with Crippen molar-refractivity contribution in [2.24, 2.45) is 11.7 Å². The van der Waals surface area contributed by atoms with Crippen LogP contribution in [0.25, 0.3) is 0 Å². The van der Waals surface area contributed by atoms with E-state index in [4.69, 9.17) is 19.9 Å². The number of benzene rings is 1. The summed E-state index contributed by atoms with van der Waals surface area (Å²) in [4.78, 5) is 0. The molecule has 1 unspecified atom stereocenters. The van der Waals surface area contributed by atoms with E-state index in [1.807, 2.05) is 18.2 Å². The van der Waals surface area contributed by atoms with Crippen molar-refractivity contribution in [2.75, 3.05) is 26.4 Å². The highest BCUT2D eigenvalue weighted by molar-refractivity contribution is 5.44. The summed E-state index contributed by atoms with van der Waals surface area (Å²) in [7, 11) is 0. The first kappa shape index (κ1) is 12.8. The lowest BCUT2D eigenvalue weighted by Crippen LogP contribution is -2.19. The summed E-state index contributed by atoms with van der Waals surface area (Å²) in [5, 5.41) is 0. The third-order valence-corrected chi connectivity index (χ3v) is 3.66. The summed E-state index contributed by atoms with van der Waals surface area (Å²) in [6, 6.07) is 5.77. The van der Waals surface area contributed by atoms with Gasteiger partial charge in [-0.2, -0.15) is 0 Å². The predicted octanol–water partition coefficient (Wildman–Crippen LogP) is 2.27. The van der Waals surface area contributed by atoms with E-state index in [1.165, 1.54) is 19.3 Å². The van der Waals surface area contributed by atoms with Crippen LogP contribution in [0.1, 0.15) is 30.9 Å². The van der Waals surface area contributed by atoms with Crippen LogP contribution in [0.5, 0.6) is 11.5 Å². The molecule has 4 heteroatoms. The number of fused-ring (bicyclic) bond motifs is 1. The molecule has 1 aliphatic carbocycles. The van der Waals surface area contributed by atoms with Gasteiger partial charge in [0.15, 0.2) is 11.5 Å². The number of rotatable bonds is 6. The van der Waals surface area contributed by atoms with Gasteiger partial charge < -0.3 is 19.9 Å². The number of hydrogen-bond donors (Lipinski definition) is 1. The molecule has 0 amide bonds. The van der Waals surface area contributed by atoms with Crippen LogP contribution in [0.15, 0.2) is 18.2 Å². The molecule has 1 aliphatic heterocycles. The largest absolute Gasteiger partial charge is 0.486 e. The number of nitrogens with two attached hydrogens (primary N) is 1. The molecule has 3 rings (SSSR count). The van der Waals surface area contributed by atoms with Crippen LogP contribution in [0, 0.1) is 5.92 Å². The monoisotopic (exact) mass is 263 g/mol. The average molecular weight is 263 g/mol. The van der Waals surface area contributed by atoms with Crippen molar-refractivity contribution < 1.29 is 14.2 Å². The van der Waals surface area contributed by atoms with Gasteiger partial charge in [0.2, 0.25) is 0 Å². The van der Waals surface area contributed by atoms with E-state index in [9.17, 15) is 0 Å². The fraction of sp³-hybridized carbons (Fsp3) is 0.600. The van der Waals surface area contributed by atoms with Crippen LogP contribution in [0.3, 0.4) is 0 Å². The predicted molar refractivity (Wildman–Crippen MR) is 72.5 cm³/mol. The van der Waals surface area contributed by atoms with Crippen molar-refractivity contribution in [3.05, 3.63) is 23.8 Å². The van der Waals surface area contributed by atoms with Gasteiger partial charge in [0, 0.05) is 6.61 Å². The molecule has 0 radical (unpaired) electrons. The van der Waals surface area contributed by atoms with Crippen molar-refractivity contribution in [2.45, 2.75) is 25.3 Å². The van der Waals surface area contributed by atoms with E-state index < -0.39 is 0 Å². The highest BCUT2D eigenvalue weighted by atomic mass is 16.6. The fourth-order valence-electron chi connectivity index (χ4n) is 2.25. The summed E-state index contributed by atoms with van der Waals surface area (Å²) in [6.07, 6.45) is 3.92. The third kappa shape index (κ3) is 3.39. The Labute approximate surface area is 113 Å². The Balaban J connectivity index is 1.51. The Morgan fingerprint density at radius 3 is 2.79 bits per heavy atom. The lowest BCUT2D eigenvalue weighted by molar-refractivity contribution is 0.115. The van der Waals surface area contributed by atoms with Crippen LogP contribution in [0.2, 0.25) is 0 Å². The second-order valence-electron chi connectivity index (χ2n) is 5.32. The van der Waals surface area contributed by atoms with Gasteiger partial charge >= 0.3 is 0 Å². The number of hydrogen-bond acceptors (Lipinski definition) is 4. The Morgan fingerprint density at radius 2 is 2.00 bits per heavy atom. The van der Waals surface area contributed by atoms with Crippen molar-refractivity contribution in [3.63, 3.8) is 0 Å². The van der Waals surface area contributed by atoms with Crippen molar-refractivity contribution in [1.82, 2.24) is 0 Å². The zero-order valence-electron chi connectivity index (χ0n) is 11.1. The molecule has 1 fully saturated rings. The zero-order valence-corrected chi connectivity index (χ0v) is 11.1. The van der Waals surface area contributed by atoms with E-state index in [0.29, 0.717) is 19.8 Å². The molecule has 1 atom stereocenters. The summed E-state index contributed by atoms with van der Waals surface area (Å²) in [6.45, 7) is 2.60. The molecule has 1 saturated carbocycles. The van der Waals surface area contributed by atoms with Gasteiger partial charge in [-0.15, -0.1) is 0 Å². The minimum absolute atomic E-state index is 0.102. The lowest BCUT2D eigenvalue weighted by atomic mass is 10.1. The smallest absolute Gasteiger partial charge is 0.161 e. The second kappa shape index (κ2) is 5.80. The maximum absolute atomic E-state index is 6.14. The Bertz CT molecular complexity index is 431. The van der Waals surface area contributed by atoms with Gasteiger partial charge in [-0.3, -0.25) is 0 Å². The summed E-state index contributed by atoms with van der Waals surface area (Å²) in [5.41, 5.74) is 7.18. The molecule has 19 heavy (non-hydrogen) atoms. The van der Waals surface area contributed by atoms with Gasteiger partial charge in [0.05, 0.1) is 12.6 Å². The van der Waals surface area contributed by atoms with Crippen LogP contribution >= 0.6 is 0 Å². The molecular weight excluding hydrogens is 242 g/mol. The number of ether oxygens (including phenoxy) is 3. The van der Waals surface area contributed by atoms with Gasteiger partial charge in [0.1, 0.15) is 13.2 Å². The Hall–Kier alpha value is -1.26. The topological polar surface area (TPSA) is 53.7 Å². The normalized spacial score (nSPS) is 19.2. The molecular formula is C15H21NO3. The second-order valence-corrected chi connectivity index (χ2v) is 5.32. The molecule has 4 nitrogen and oxygen atoms in total. The van der Waals surface area contributed by atoms with Crippen molar-refractivity contribution >= 4 is 0 Å². The van der Waals surface area contributed by atoms with E-state index >= 15 is 0 Å². The minimum Gasteiger partial charge on any atom is -0.486 e. The first-order valence-electron chi connectivity index (χ1n) is 7.06. The van der Waals surface area contributed by atoms with Gasteiger partial charge in [-0.05, 0) is 30.0 Å². The Kier molecular flexibility index (Phi) is 3.89. The molecule has 0 bridgehead atoms. The standard InChI is InChI=1S/C15H21NO3/c16-13(10-17-6-5-11-1-2-11)12-3-4-14-15(9-12)19-8-7-18-14/h3-4,9,11,13H,1-2,5-8,10,16H2. The van der Waals surface area contributed by atoms with E-state index in [2.05, 4.69) is 0 Å². The van der Waals surface area contributed by atoms with Crippen LogP contribution < -0.4 is 15.2 Å². The molecule has 0 saturated heterocycles. The SMILES string of the molecule is NC(COCCC1CC1)c1ccc2c(c1)OCCO2. The first-order valence-corrected chi connectivity index (χ1v) is 7.06. The molecule has 104 valence electrons. The maximum Gasteiger partial charge on any atom is 0.161 e. The van der Waals surface area contributed by atoms with Gasteiger partial charge in [0.25, 0.3) is 0 Å². The van der Waals surface area contributed by atoms with Gasteiger partial charge in [-0.1, -0.05) is 18.9 Å². The Morgan fingerprint density at radius 1 is 1.21 bits per heavy atom. The van der Waals surface area contributed by atoms with E-state index in [-0.39, 0.29) is 6.04 Å². The average Bonchev–Trinajstić information content (AvgIpc) is 3.27. The lowest BCUT2D eigenvalue weighted by Gasteiger charge is -2.20. The van der Waals surface area contributed by atoms with Crippen LogP contribution in [0.4, 0.5) is 0 Å². The van der Waals surface area contributed by atoms with Crippen molar-refractivity contribution in [3.8, 4) is 11.5 Å².